The first kappa shape index (κ1) is 17.5. The fourth-order valence-electron chi connectivity index (χ4n) is 2.54. The van der Waals surface area contributed by atoms with Gasteiger partial charge in [0, 0.05) is 18.5 Å². The van der Waals surface area contributed by atoms with Gasteiger partial charge in [0.2, 0.25) is 5.91 Å². The molecule has 1 aliphatic heterocycles. The van der Waals surface area contributed by atoms with Crippen LogP contribution in [0.15, 0.2) is 29.4 Å². The van der Waals surface area contributed by atoms with Gasteiger partial charge < -0.3 is 4.90 Å². The van der Waals surface area contributed by atoms with Crippen LogP contribution in [-0.2, 0) is 11.0 Å². The molecule has 1 aliphatic rings. The van der Waals surface area contributed by atoms with Gasteiger partial charge in [-0.1, -0.05) is 24.6 Å². The van der Waals surface area contributed by atoms with Crippen molar-refractivity contribution in [3.63, 3.8) is 0 Å². The summed E-state index contributed by atoms with van der Waals surface area (Å²) in [6.45, 7) is 2.64. The summed E-state index contributed by atoms with van der Waals surface area (Å²) in [5, 5.41) is 3.64. The molecule has 0 spiro atoms. The first-order chi connectivity index (χ1) is 11.0. The molecule has 0 aromatic heterocycles. The topological polar surface area (TPSA) is 44.7 Å². The predicted octanol–water partition coefficient (Wildman–Crippen LogP) is 3.03. The number of alkyl halides is 3. The van der Waals surface area contributed by atoms with Crippen LogP contribution in [0.1, 0.15) is 36.8 Å². The fraction of sp³-hybridized carbons (Fsp3) is 0.500. The average molecular weight is 327 g/mol. The third-order valence-corrected chi connectivity index (χ3v) is 3.76. The van der Waals surface area contributed by atoms with E-state index in [-0.39, 0.29) is 17.9 Å². The Balaban J connectivity index is 1.83. The van der Waals surface area contributed by atoms with Gasteiger partial charge in [0.15, 0.2) is 0 Å². The highest BCUT2D eigenvalue weighted by atomic mass is 19.4. The maximum Gasteiger partial charge on any atom is 0.417 e. The van der Waals surface area contributed by atoms with Crippen molar-refractivity contribution < 1.29 is 18.0 Å². The molecule has 1 N–H and O–H groups in total. The Bertz CT molecular complexity index is 552. The van der Waals surface area contributed by atoms with Crippen LogP contribution in [0, 0.1) is 0 Å². The number of halogens is 3. The Labute approximate surface area is 133 Å². The second kappa shape index (κ2) is 8.10. The van der Waals surface area contributed by atoms with Crippen LogP contribution in [0.25, 0.3) is 0 Å². The summed E-state index contributed by atoms with van der Waals surface area (Å²) < 4.78 is 38.4. The predicted molar refractivity (Wildman–Crippen MR) is 82.1 cm³/mol. The van der Waals surface area contributed by atoms with E-state index in [1.54, 1.807) is 0 Å². The highest BCUT2D eigenvalue weighted by Gasteiger charge is 2.32. The Kier molecular flexibility index (Phi) is 6.15. The summed E-state index contributed by atoms with van der Waals surface area (Å²) in [7, 11) is 0. The number of carbonyl (C=O) groups excluding carboxylic acids is 1. The Morgan fingerprint density at radius 3 is 2.61 bits per heavy atom. The van der Waals surface area contributed by atoms with Crippen LogP contribution in [0.3, 0.4) is 0 Å². The number of nitrogens with one attached hydrogen (secondary N) is 1. The van der Waals surface area contributed by atoms with E-state index in [4.69, 9.17) is 0 Å². The summed E-state index contributed by atoms with van der Waals surface area (Å²) in [6.07, 6.45) is 0.397. The van der Waals surface area contributed by atoms with Crippen LogP contribution in [-0.4, -0.2) is 36.7 Å². The number of hydrogen-bond donors (Lipinski definition) is 1. The summed E-state index contributed by atoms with van der Waals surface area (Å²) in [5.41, 5.74) is 1.44. The van der Waals surface area contributed by atoms with E-state index >= 15 is 0 Å². The van der Waals surface area contributed by atoms with Gasteiger partial charge in [-0.3, -0.25) is 4.79 Å². The zero-order chi connectivity index (χ0) is 16.7. The minimum Gasteiger partial charge on any atom is -0.303 e. The smallest absolute Gasteiger partial charge is 0.303 e. The first-order valence-corrected chi connectivity index (χ1v) is 7.67. The van der Waals surface area contributed by atoms with Gasteiger partial charge in [0.1, 0.15) is 0 Å². The first-order valence-electron chi connectivity index (χ1n) is 7.67. The van der Waals surface area contributed by atoms with Gasteiger partial charge in [-0.2, -0.15) is 18.3 Å². The third-order valence-electron chi connectivity index (χ3n) is 3.76. The molecule has 1 fully saturated rings. The van der Waals surface area contributed by atoms with Crippen LogP contribution in [0.4, 0.5) is 13.2 Å². The van der Waals surface area contributed by atoms with Gasteiger partial charge in [0.05, 0.1) is 11.8 Å². The van der Waals surface area contributed by atoms with E-state index in [0.717, 1.165) is 38.2 Å². The second-order valence-electron chi connectivity index (χ2n) is 5.53. The molecule has 1 aromatic rings. The van der Waals surface area contributed by atoms with E-state index in [0.29, 0.717) is 6.54 Å². The molecular weight excluding hydrogens is 307 g/mol. The van der Waals surface area contributed by atoms with E-state index in [9.17, 15) is 18.0 Å². The van der Waals surface area contributed by atoms with Gasteiger partial charge in [-0.25, -0.2) is 5.43 Å². The number of carbonyl (C=O) groups is 1. The molecule has 1 amide bonds. The average Bonchev–Trinajstić information content (AvgIpc) is 2.53. The molecule has 0 aliphatic carbocycles. The van der Waals surface area contributed by atoms with Crippen molar-refractivity contribution in [2.75, 3.05) is 19.6 Å². The highest BCUT2D eigenvalue weighted by Crippen LogP contribution is 2.30. The van der Waals surface area contributed by atoms with Gasteiger partial charge in [-0.15, -0.1) is 0 Å². The molecule has 0 atom stereocenters. The molecule has 7 heteroatoms. The number of rotatable bonds is 5. The molecule has 2 rings (SSSR count). The minimum absolute atomic E-state index is 0.0728. The monoisotopic (exact) mass is 327 g/mol. The summed E-state index contributed by atoms with van der Waals surface area (Å²) >= 11 is 0. The number of amides is 1. The molecule has 1 saturated heterocycles. The second-order valence-corrected chi connectivity index (χ2v) is 5.53. The largest absolute Gasteiger partial charge is 0.417 e. The molecule has 23 heavy (non-hydrogen) atoms. The Morgan fingerprint density at radius 2 is 1.91 bits per heavy atom. The van der Waals surface area contributed by atoms with Crippen LogP contribution < -0.4 is 5.43 Å². The molecule has 0 radical (unpaired) electrons. The number of benzene rings is 1. The molecule has 0 saturated carbocycles. The molecule has 0 bridgehead atoms. The van der Waals surface area contributed by atoms with Gasteiger partial charge in [-0.05, 0) is 32.0 Å². The van der Waals surface area contributed by atoms with E-state index < -0.39 is 11.7 Å². The molecule has 1 heterocycles. The number of nitrogens with zero attached hydrogens (tertiary/aromatic N) is 2. The normalized spacial score (nSPS) is 16.7. The Hall–Kier alpha value is -1.89. The lowest BCUT2D eigenvalue weighted by Crippen LogP contribution is -2.33. The Morgan fingerprint density at radius 1 is 1.22 bits per heavy atom. The van der Waals surface area contributed by atoms with Gasteiger partial charge in [0.25, 0.3) is 0 Å². The molecule has 1 aromatic carbocycles. The lowest BCUT2D eigenvalue weighted by atomic mass is 10.1. The van der Waals surface area contributed by atoms with Crippen molar-refractivity contribution in [2.24, 2.45) is 5.10 Å². The van der Waals surface area contributed by atoms with Crippen LogP contribution in [0.5, 0.6) is 0 Å². The minimum atomic E-state index is -4.44. The van der Waals surface area contributed by atoms with Crippen molar-refractivity contribution in [2.45, 2.75) is 31.9 Å². The van der Waals surface area contributed by atoms with Gasteiger partial charge >= 0.3 is 6.18 Å². The fourth-order valence-corrected chi connectivity index (χ4v) is 2.54. The van der Waals surface area contributed by atoms with Crippen molar-refractivity contribution in [1.82, 2.24) is 10.3 Å². The lowest BCUT2D eigenvalue weighted by Gasteiger charge is -2.25. The molecular formula is C16H20F3N3O. The number of hydrogen-bond acceptors (Lipinski definition) is 3. The maximum atomic E-state index is 12.8. The van der Waals surface area contributed by atoms with Crippen molar-refractivity contribution in [3.05, 3.63) is 35.4 Å². The molecule has 126 valence electrons. The zero-order valence-corrected chi connectivity index (χ0v) is 12.8. The highest BCUT2D eigenvalue weighted by molar-refractivity contribution is 5.84. The standard InChI is InChI=1S/C16H20F3N3O/c17-16(18,19)14-7-3-2-6-13(14)12-20-21-15(23)8-11-22-9-4-1-5-10-22/h2-3,6-7,12H,1,4-5,8-11H2,(H,21,23)/b20-12+. The van der Waals surface area contributed by atoms with E-state index in [1.807, 2.05) is 0 Å². The third kappa shape index (κ3) is 5.67. The number of piperidine rings is 1. The molecule has 0 unspecified atom stereocenters. The quantitative estimate of drug-likeness (QED) is 0.667. The number of hydrazone groups is 1. The summed E-state index contributed by atoms with van der Waals surface area (Å²) in [6, 6.07) is 5.11. The van der Waals surface area contributed by atoms with E-state index in [2.05, 4.69) is 15.4 Å². The molecule has 4 nitrogen and oxygen atoms in total. The summed E-state index contributed by atoms with van der Waals surface area (Å²) in [5.74, 6) is -0.295. The SMILES string of the molecule is O=C(CCN1CCCCC1)N/N=C/c1ccccc1C(F)(F)F. The lowest BCUT2D eigenvalue weighted by molar-refractivity contribution is -0.137. The van der Waals surface area contributed by atoms with Crippen LogP contribution in [0.2, 0.25) is 0 Å². The van der Waals surface area contributed by atoms with Crippen molar-refractivity contribution in [3.8, 4) is 0 Å². The van der Waals surface area contributed by atoms with Crippen molar-refractivity contribution >= 4 is 12.1 Å². The van der Waals surface area contributed by atoms with E-state index in [1.165, 1.54) is 24.6 Å². The van der Waals surface area contributed by atoms with Crippen LogP contribution >= 0.6 is 0 Å². The van der Waals surface area contributed by atoms with Crippen molar-refractivity contribution in [1.29, 1.82) is 0 Å². The summed E-state index contributed by atoms with van der Waals surface area (Å²) in [4.78, 5) is 13.9. The number of likely N-dealkylation sites (tertiary alicyclic amines) is 1. The zero-order valence-electron chi connectivity index (χ0n) is 12.8. The maximum absolute atomic E-state index is 12.8.